The van der Waals surface area contributed by atoms with Gasteiger partial charge in [0.25, 0.3) is 0 Å². The van der Waals surface area contributed by atoms with Crippen molar-refractivity contribution < 1.29 is 28.9 Å². The lowest BCUT2D eigenvalue weighted by Crippen LogP contribution is -2.45. The van der Waals surface area contributed by atoms with E-state index in [1.807, 2.05) is 43.3 Å². The number of benzene rings is 2. The molecule has 1 aliphatic heterocycles. The summed E-state index contributed by atoms with van der Waals surface area (Å²) in [4.78, 5) is 23.7. The molecule has 3 rings (SSSR count). The molecule has 30 heavy (non-hydrogen) atoms. The number of carbonyl (C=O) groups is 2. The van der Waals surface area contributed by atoms with Gasteiger partial charge in [0, 0.05) is 18.4 Å². The topological polar surface area (TPSA) is 82.1 Å². The van der Waals surface area contributed by atoms with Gasteiger partial charge in [-0.1, -0.05) is 35.9 Å². The predicted octanol–water partition coefficient (Wildman–Crippen LogP) is 3.65. The molecule has 0 saturated carbocycles. The molecular formula is C23H25ClO6. The molecule has 0 aromatic heterocycles. The fraction of sp³-hybridized carbons (Fsp3) is 0.391. The number of aliphatic hydroxyl groups is 1. The Hall–Kier alpha value is -2.41. The first-order valence-corrected chi connectivity index (χ1v) is 10.3. The second kappa shape index (κ2) is 10.1. The average Bonchev–Trinajstić information content (AvgIpc) is 2.72. The average molecular weight is 433 g/mol. The van der Waals surface area contributed by atoms with Gasteiger partial charge in [0.15, 0.2) is 6.10 Å². The molecule has 0 bridgehead atoms. The standard InChI is InChI=1S/C23H25ClO6/c1-3-28-18-7-4-15(5-8-18)10-17-11-16(6-9-19(17)24)20-12-21(29-14(2)26)23(27)22(13-25)30-20/h4-9,11,20-22,25H,3,10,12-13H2,1-2H3. The first-order valence-electron chi connectivity index (χ1n) is 9.88. The Kier molecular flexibility index (Phi) is 7.48. The summed E-state index contributed by atoms with van der Waals surface area (Å²) in [5.41, 5.74) is 2.79. The van der Waals surface area contributed by atoms with Gasteiger partial charge < -0.3 is 19.3 Å². The lowest BCUT2D eigenvalue weighted by Gasteiger charge is -2.33. The quantitative estimate of drug-likeness (QED) is 0.672. The van der Waals surface area contributed by atoms with E-state index in [-0.39, 0.29) is 6.42 Å². The van der Waals surface area contributed by atoms with Crippen LogP contribution in [0, 0.1) is 0 Å². The van der Waals surface area contributed by atoms with Crippen molar-refractivity contribution in [2.45, 2.75) is 45.0 Å². The van der Waals surface area contributed by atoms with Gasteiger partial charge in [-0.3, -0.25) is 9.59 Å². The van der Waals surface area contributed by atoms with E-state index in [1.54, 1.807) is 6.07 Å². The van der Waals surface area contributed by atoms with Crippen LogP contribution in [0.1, 0.15) is 43.1 Å². The third-order valence-corrected chi connectivity index (χ3v) is 5.30. The van der Waals surface area contributed by atoms with Gasteiger partial charge in [0.05, 0.1) is 19.3 Å². The lowest BCUT2D eigenvalue weighted by atomic mass is 9.93. The molecule has 1 N–H and O–H groups in total. The number of Topliss-reactive ketones (excluding diaryl/α,β-unsaturated/α-hetero) is 1. The van der Waals surface area contributed by atoms with Crippen LogP contribution in [0.15, 0.2) is 42.5 Å². The summed E-state index contributed by atoms with van der Waals surface area (Å²) < 4.78 is 16.4. The number of esters is 1. The van der Waals surface area contributed by atoms with Crippen LogP contribution in [0.2, 0.25) is 5.02 Å². The van der Waals surface area contributed by atoms with Crippen molar-refractivity contribution in [1.29, 1.82) is 0 Å². The summed E-state index contributed by atoms with van der Waals surface area (Å²) in [7, 11) is 0. The minimum atomic E-state index is -1.03. The van der Waals surface area contributed by atoms with Gasteiger partial charge >= 0.3 is 5.97 Å². The molecule has 1 saturated heterocycles. The highest BCUT2D eigenvalue weighted by Crippen LogP contribution is 2.34. The SMILES string of the molecule is CCOc1ccc(Cc2cc(C3CC(OC(C)=O)C(=O)C(CO)O3)ccc2Cl)cc1. The van der Waals surface area contributed by atoms with Crippen LogP contribution in [0.25, 0.3) is 0 Å². The van der Waals surface area contributed by atoms with Crippen LogP contribution < -0.4 is 4.74 Å². The Morgan fingerprint density at radius 3 is 2.60 bits per heavy atom. The molecule has 3 atom stereocenters. The zero-order valence-electron chi connectivity index (χ0n) is 17.0. The van der Waals surface area contributed by atoms with Crippen LogP contribution in [0.4, 0.5) is 0 Å². The van der Waals surface area contributed by atoms with Gasteiger partial charge in [-0.25, -0.2) is 0 Å². The third kappa shape index (κ3) is 5.39. The molecular weight excluding hydrogens is 408 g/mol. The van der Waals surface area contributed by atoms with Gasteiger partial charge in [-0.05, 0) is 48.2 Å². The van der Waals surface area contributed by atoms with E-state index in [2.05, 4.69) is 0 Å². The highest BCUT2D eigenvalue weighted by atomic mass is 35.5. The van der Waals surface area contributed by atoms with Gasteiger partial charge in [-0.2, -0.15) is 0 Å². The predicted molar refractivity (Wildman–Crippen MR) is 112 cm³/mol. The van der Waals surface area contributed by atoms with Crippen LogP contribution in [-0.2, 0) is 25.5 Å². The van der Waals surface area contributed by atoms with Crippen molar-refractivity contribution in [3.05, 3.63) is 64.2 Å². The summed E-state index contributed by atoms with van der Waals surface area (Å²) in [6.45, 7) is 3.33. The number of hydrogen-bond acceptors (Lipinski definition) is 6. The summed E-state index contributed by atoms with van der Waals surface area (Å²) in [5, 5.41) is 10.1. The smallest absolute Gasteiger partial charge is 0.303 e. The summed E-state index contributed by atoms with van der Waals surface area (Å²) in [5.74, 6) is -0.154. The number of ketones is 1. The van der Waals surface area contributed by atoms with E-state index >= 15 is 0 Å². The van der Waals surface area contributed by atoms with E-state index in [0.29, 0.717) is 18.1 Å². The molecule has 2 aromatic carbocycles. The fourth-order valence-electron chi connectivity index (χ4n) is 3.51. The molecule has 2 aromatic rings. The van der Waals surface area contributed by atoms with Crippen molar-refractivity contribution in [2.24, 2.45) is 0 Å². The molecule has 1 aliphatic rings. The first-order chi connectivity index (χ1) is 14.4. The lowest BCUT2D eigenvalue weighted by molar-refractivity contribution is -0.175. The molecule has 1 heterocycles. The van der Waals surface area contributed by atoms with Crippen molar-refractivity contribution in [3.8, 4) is 5.75 Å². The van der Waals surface area contributed by atoms with Crippen molar-refractivity contribution in [1.82, 2.24) is 0 Å². The maximum Gasteiger partial charge on any atom is 0.303 e. The van der Waals surface area contributed by atoms with Gasteiger partial charge in [0.2, 0.25) is 5.78 Å². The second-order valence-electron chi connectivity index (χ2n) is 7.14. The minimum absolute atomic E-state index is 0.193. The number of carbonyl (C=O) groups excluding carboxylic acids is 2. The molecule has 6 nitrogen and oxygen atoms in total. The molecule has 7 heteroatoms. The molecule has 0 radical (unpaired) electrons. The zero-order valence-corrected chi connectivity index (χ0v) is 17.7. The van der Waals surface area contributed by atoms with E-state index in [1.165, 1.54) is 6.92 Å². The molecule has 0 aliphatic carbocycles. The maximum atomic E-state index is 12.3. The van der Waals surface area contributed by atoms with E-state index < -0.39 is 36.7 Å². The summed E-state index contributed by atoms with van der Waals surface area (Å²) >= 11 is 6.41. The summed E-state index contributed by atoms with van der Waals surface area (Å²) in [6, 6.07) is 13.4. The molecule has 3 unspecified atom stereocenters. The Morgan fingerprint density at radius 1 is 1.23 bits per heavy atom. The van der Waals surface area contributed by atoms with Crippen LogP contribution in [0.5, 0.6) is 5.75 Å². The molecule has 0 spiro atoms. The summed E-state index contributed by atoms with van der Waals surface area (Å²) in [6.07, 6.45) is -1.66. The first kappa shape index (κ1) is 22.3. The van der Waals surface area contributed by atoms with Gasteiger partial charge in [0.1, 0.15) is 11.9 Å². The third-order valence-electron chi connectivity index (χ3n) is 4.94. The van der Waals surface area contributed by atoms with E-state index in [9.17, 15) is 14.7 Å². The van der Waals surface area contributed by atoms with E-state index in [4.69, 9.17) is 25.8 Å². The highest BCUT2D eigenvalue weighted by molar-refractivity contribution is 6.31. The fourth-order valence-corrected chi connectivity index (χ4v) is 3.70. The van der Waals surface area contributed by atoms with Crippen molar-refractivity contribution in [3.63, 3.8) is 0 Å². The number of ether oxygens (including phenoxy) is 3. The van der Waals surface area contributed by atoms with Crippen molar-refractivity contribution in [2.75, 3.05) is 13.2 Å². The van der Waals surface area contributed by atoms with Gasteiger partial charge in [-0.15, -0.1) is 0 Å². The van der Waals surface area contributed by atoms with Crippen LogP contribution in [-0.4, -0.2) is 42.3 Å². The Balaban J connectivity index is 1.80. The van der Waals surface area contributed by atoms with Crippen LogP contribution >= 0.6 is 11.6 Å². The normalized spacial score (nSPS) is 21.3. The number of aliphatic hydroxyl groups excluding tert-OH is 1. The Bertz CT molecular complexity index is 895. The van der Waals surface area contributed by atoms with E-state index in [0.717, 1.165) is 22.4 Å². The monoisotopic (exact) mass is 432 g/mol. The number of rotatable bonds is 7. The minimum Gasteiger partial charge on any atom is -0.494 e. The molecule has 0 amide bonds. The van der Waals surface area contributed by atoms with Crippen LogP contribution in [0.3, 0.4) is 0 Å². The zero-order chi connectivity index (χ0) is 21.7. The largest absolute Gasteiger partial charge is 0.494 e. The van der Waals surface area contributed by atoms with Crippen molar-refractivity contribution >= 4 is 23.4 Å². The number of hydrogen-bond donors (Lipinski definition) is 1. The molecule has 1 fully saturated rings. The Morgan fingerprint density at radius 2 is 1.97 bits per heavy atom. The number of halogens is 1. The maximum absolute atomic E-state index is 12.3. The Labute approximate surface area is 180 Å². The second-order valence-corrected chi connectivity index (χ2v) is 7.54. The molecule has 160 valence electrons. The highest BCUT2D eigenvalue weighted by Gasteiger charge is 2.39.